The number of nitrogens with zero attached hydrogens (tertiary/aromatic N) is 3. The lowest BCUT2D eigenvalue weighted by Crippen LogP contribution is -2.48. The van der Waals surface area contributed by atoms with Crippen LogP contribution in [0.3, 0.4) is 0 Å². The van der Waals surface area contributed by atoms with E-state index in [4.69, 9.17) is 0 Å². The first-order chi connectivity index (χ1) is 11.0. The molecule has 1 aromatic rings. The van der Waals surface area contributed by atoms with E-state index in [-0.39, 0.29) is 11.9 Å². The second-order valence-corrected chi connectivity index (χ2v) is 6.75. The summed E-state index contributed by atoms with van der Waals surface area (Å²) in [6.45, 7) is 6.59. The molecule has 4 nitrogen and oxygen atoms in total. The van der Waals surface area contributed by atoms with Gasteiger partial charge in [0, 0.05) is 39.3 Å². The predicted molar refractivity (Wildman–Crippen MR) is 92.2 cm³/mol. The maximum Gasteiger partial charge on any atom is 0.123 e. The van der Waals surface area contributed by atoms with Gasteiger partial charge in [0.2, 0.25) is 0 Å². The molecule has 0 saturated carbocycles. The van der Waals surface area contributed by atoms with Gasteiger partial charge in [-0.25, -0.2) is 4.39 Å². The highest BCUT2D eigenvalue weighted by Crippen LogP contribution is 2.07. The Morgan fingerprint density at radius 1 is 1.26 bits per heavy atom. The molecule has 1 unspecified atom stereocenters. The molecular weight excluding hydrogens is 293 g/mol. The number of aliphatic hydroxyl groups is 1. The summed E-state index contributed by atoms with van der Waals surface area (Å²) < 4.78 is 13.1. The fourth-order valence-electron chi connectivity index (χ4n) is 3.08. The molecule has 5 heteroatoms. The second kappa shape index (κ2) is 9.33. The fourth-order valence-corrected chi connectivity index (χ4v) is 3.08. The molecule has 0 spiro atoms. The summed E-state index contributed by atoms with van der Waals surface area (Å²) in [6, 6.07) is 6.80. The molecule has 0 radical (unpaired) electrons. The van der Waals surface area contributed by atoms with Crippen molar-refractivity contribution in [3.8, 4) is 0 Å². The number of hydrogen-bond donors (Lipinski definition) is 1. The van der Waals surface area contributed by atoms with E-state index in [2.05, 4.69) is 21.7 Å². The van der Waals surface area contributed by atoms with Crippen LogP contribution in [0.15, 0.2) is 24.3 Å². The van der Waals surface area contributed by atoms with Crippen LogP contribution in [-0.4, -0.2) is 85.8 Å². The third kappa shape index (κ3) is 6.96. The van der Waals surface area contributed by atoms with Crippen molar-refractivity contribution in [3.05, 3.63) is 35.6 Å². The number of likely N-dealkylation sites (N-methyl/N-ethyl adjacent to an activating group) is 2. The first-order valence-corrected chi connectivity index (χ1v) is 8.55. The molecule has 23 heavy (non-hydrogen) atoms. The number of hydrogen-bond acceptors (Lipinski definition) is 4. The lowest BCUT2D eigenvalue weighted by atomic mass is 10.1. The number of piperazine rings is 1. The molecular formula is C18H30FN3O. The third-order valence-corrected chi connectivity index (χ3v) is 4.48. The number of benzene rings is 1. The smallest absolute Gasteiger partial charge is 0.123 e. The van der Waals surface area contributed by atoms with Gasteiger partial charge in [0.15, 0.2) is 0 Å². The fraction of sp³-hybridized carbons (Fsp3) is 0.667. The monoisotopic (exact) mass is 323 g/mol. The molecule has 1 fully saturated rings. The maximum absolute atomic E-state index is 13.1. The normalized spacial score (nSPS) is 18.5. The van der Waals surface area contributed by atoms with Gasteiger partial charge in [0.1, 0.15) is 5.82 Å². The van der Waals surface area contributed by atoms with Crippen molar-refractivity contribution in [3.63, 3.8) is 0 Å². The molecule has 0 aliphatic carbocycles. The van der Waals surface area contributed by atoms with E-state index in [9.17, 15) is 9.50 Å². The van der Waals surface area contributed by atoms with Gasteiger partial charge in [-0.3, -0.25) is 4.90 Å². The molecule has 2 rings (SSSR count). The minimum absolute atomic E-state index is 0.168. The van der Waals surface area contributed by atoms with Crippen LogP contribution in [0.5, 0.6) is 0 Å². The highest BCUT2D eigenvalue weighted by Gasteiger charge is 2.17. The van der Waals surface area contributed by atoms with Crippen LogP contribution in [0.1, 0.15) is 12.0 Å². The first-order valence-electron chi connectivity index (χ1n) is 8.55. The van der Waals surface area contributed by atoms with Gasteiger partial charge in [-0.15, -0.1) is 0 Å². The Kier molecular flexibility index (Phi) is 7.43. The number of halogens is 1. The summed E-state index contributed by atoms with van der Waals surface area (Å²) in [6.07, 6.45) is 1.54. The van der Waals surface area contributed by atoms with Crippen molar-refractivity contribution < 1.29 is 9.50 Å². The van der Waals surface area contributed by atoms with E-state index in [0.29, 0.717) is 6.54 Å². The molecule has 0 bridgehead atoms. The van der Waals surface area contributed by atoms with E-state index in [1.807, 2.05) is 13.1 Å². The largest absolute Gasteiger partial charge is 0.390 e. The van der Waals surface area contributed by atoms with Gasteiger partial charge in [-0.2, -0.15) is 0 Å². The van der Waals surface area contributed by atoms with Crippen molar-refractivity contribution in [2.24, 2.45) is 0 Å². The predicted octanol–water partition coefficient (Wildman–Crippen LogP) is 1.30. The topological polar surface area (TPSA) is 30.0 Å². The molecule has 1 aliphatic heterocycles. The molecule has 130 valence electrons. The van der Waals surface area contributed by atoms with E-state index < -0.39 is 0 Å². The van der Waals surface area contributed by atoms with E-state index in [1.165, 1.54) is 6.07 Å². The summed E-state index contributed by atoms with van der Waals surface area (Å²) in [5, 5.41) is 10.2. The summed E-state index contributed by atoms with van der Waals surface area (Å²) in [5.74, 6) is -0.168. The van der Waals surface area contributed by atoms with Gasteiger partial charge in [-0.05, 0) is 51.2 Å². The Morgan fingerprint density at radius 3 is 2.70 bits per heavy atom. The SMILES string of the molecule is CN1CCN(CC(O)CN(C)CCCc2cccc(F)c2)CC1. The van der Waals surface area contributed by atoms with Crippen LogP contribution < -0.4 is 0 Å². The van der Waals surface area contributed by atoms with Gasteiger partial charge in [0.05, 0.1) is 6.10 Å². The molecule has 1 aromatic carbocycles. The summed E-state index contributed by atoms with van der Waals surface area (Å²) >= 11 is 0. The van der Waals surface area contributed by atoms with Crippen LogP contribution >= 0.6 is 0 Å². The Bertz CT molecular complexity index is 463. The van der Waals surface area contributed by atoms with Gasteiger partial charge < -0.3 is 14.9 Å². The molecule has 1 heterocycles. The molecule has 1 saturated heterocycles. The first kappa shape index (κ1) is 18.3. The Balaban J connectivity index is 1.61. The molecule has 1 atom stereocenters. The van der Waals surface area contributed by atoms with Crippen molar-refractivity contribution >= 4 is 0 Å². The quantitative estimate of drug-likeness (QED) is 0.781. The molecule has 1 N–H and O–H groups in total. The van der Waals surface area contributed by atoms with Crippen molar-refractivity contribution in [2.45, 2.75) is 18.9 Å². The highest BCUT2D eigenvalue weighted by atomic mass is 19.1. The maximum atomic E-state index is 13.1. The van der Waals surface area contributed by atoms with Crippen LogP contribution in [-0.2, 0) is 6.42 Å². The Hall–Kier alpha value is -1.01. The summed E-state index contributed by atoms with van der Waals surface area (Å²) in [7, 11) is 4.18. The number of aryl methyl sites for hydroxylation is 1. The third-order valence-electron chi connectivity index (χ3n) is 4.48. The second-order valence-electron chi connectivity index (χ2n) is 6.75. The van der Waals surface area contributed by atoms with Crippen molar-refractivity contribution in [1.82, 2.24) is 14.7 Å². The zero-order valence-electron chi connectivity index (χ0n) is 14.4. The van der Waals surface area contributed by atoms with Gasteiger partial charge in [-0.1, -0.05) is 12.1 Å². The Morgan fingerprint density at radius 2 is 2.00 bits per heavy atom. The van der Waals surface area contributed by atoms with Crippen LogP contribution in [0, 0.1) is 5.82 Å². The van der Waals surface area contributed by atoms with Crippen molar-refractivity contribution in [2.75, 3.05) is 59.9 Å². The van der Waals surface area contributed by atoms with Gasteiger partial charge in [0.25, 0.3) is 0 Å². The molecule has 0 amide bonds. The zero-order valence-corrected chi connectivity index (χ0v) is 14.4. The summed E-state index contributed by atoms with van der Waals surface area (Å²) in [5.41, 5.74) is 1.04. The minimum Gasteiger partial charge on any atom is -0.390 e. The lowest BCUT2D eigenvalue weighted by molar-refractivity contribution is 0.0606. The molecule has 0 aromatic heterocycles. The standard InChI is InChI=1S/C18H30FN3O/c1-20-9-11-22(12-10-20)15-18(23)14-21(2)8-4-6-16-5-3-7-17(19)13-16/h3,5,7,13,18,23H,4,6,8-12,14-15H2,1-2H3. The Labute approximate surface area is 139 Å². The van der Waals surface area contributed by atoms with Crippen LogP contribution in [0.25, 0.3) is 0 Å². The summed E-state index contributed by atoms with van der Waals surface area (Å²) in [4.78, 5) is 6.83. The average Bonchev–Trinajstić information content (AvgIpc) is 2.49. The number of rotatable bonds is 8. The van der Waals surface area contributed by atoms with Gasteiger partial charge >= 0.3 is 0 Å². The van der Waals surface area contributed by atoms with Crippen LogP contribution in [0.4, 0.5) is 4.39 Å². The van der Waals surface area contributed by atoms with E-state index in [0.717, 1.165) is 57.7 Å². The van der Waals surface area contributed by atoms with Crippen molar-refractivity contribution in [1.29, 1.82) is 0 Å². The van der Waals surface area contributed by atoms with E-state index >= 15 is 0 Å². The minimum atomic E-state index is -0.308. The highest BCUT2D eigenvalue weighted by molar-refractivity contribution is 5.16. The lowest BCUT2D eigenvalue weighted by Gasteiger charge is -2.34. The van der Waals surface area contributed by atoms with E-state index in [1.54, 1.807) is 12.1 Å². The number of aliphatic hydroxyl groups excluding tert-OH is 1. The zero-order chi connectivity index (χ0) is 16.7. The van der Waals surface area contributed by atoms with Crippen LogP contribution in [0.2, 0.25) is 0 Å². The molecule has 1 aliphatic rings. The number of β-amino-alcohol motifs (C(OH)–C–C–N with tert-alkyl or cyclic N) is 1. The average molecular weight is 323 g/mol.